The van der Waals surface area contributed by atoms with Gasteiger partial charge >= 0.3 is 6.03 Å². The minimum Gasteiger partial charge on any atom is -0.497 e. The molecular formula is C30H41N5O4. The summed E-state index contributed by atoms with van der Waals surface area (Å²) in [5.74, 6) is 2.17. The average molecular weight is 536 g/mol. The number of carbonyl (C=O) groups excluding carboxylic acids is 1. The van der Waals surface area contributed by atoms with Crippen molar-refractivity contribution in [2.24, 2.45) is 5.92 Å². The first-order valence-electron chi connectivity index (χ1n) is 14.5. The summed E-state index contributed by atoms with van der Waals surface area (Å²) < 4.78 is 10.8. The van der Waals surface area contributed by atoms with E-state index in [-0.39, 0.29) is 18.1 Å². The van der Waals surface area contributed by atoms with Gasteiger partial charge in [-0.1, -0.05) is 24.4 Å². The largest absolute Gasteiger partial charge is 0.497 e. The van der Waals surface area contributed by atoms with E-state index in [0.717, 1.165) is 54.2 Å². The molecule has 2 fully saturated rings. The second kappa shape index (κ2) is 10.5. The summed E-state index contributed by atoms with van der Waals surface area (Å²) in [5.41, 5.74) is 4.21. The van der Waals surface area contributed by atoms with Crippen LogP contribution in [0.1, 0.15) is 73.7 Å². The predicted octanol–water partition coefficient (Wildman–Crippen LogP) is 5.28. The van der Waals surface area contributed by atoms with Gasteiger partial charge < -0.3 is 34.5 Å². The van der Waals surface area contributed by atoms with E-state index in [1.165, 1.54) is 44.2 Å². The van der Waals surface area contributed by atoms with Crippen molar-refractivity contribution >= 4 is 22.6 Å². The lowest BCUT2D eigenvalue weighted by Gasteiger charge is -2.50. The Labute approximate surface area is 229 Å². The Morgan fingerprint density at radius 3 is 2.67 bits per heavy atom. The van der Waals surface area contributed by atoms with Crippen molar-refractivity contribution in [3.63, 3.8) is 0 Å². The maximum absolute atomic E-state index is 13.8. The van der Waals surface area contributed by atoms with Gasteiger partial charge in [0.15, 0.2) is 5.76 Å². The van der Waals surface area contributed by atoms with Crippen LogP contribution in [0.4, 0.5) is 10.5 Å². The van der Waals surface area contributed by atoms with Crippen LogP contribution in [-0.2, 0) is 5.41 Å². The molecule has 2 amide bonds. The highest BCUT2D eigenvalue weighted by molar-refractivity contribution is 5.93. The van der Waals surface area contributed by atoms with Gasteiger partial charge in [0.1, 0.15) is 17.1 Å². The number of hydrogen-bond acceptors (Lipinski definition) is 6. The maximum atomic E-state index is 13.8. The van der Waals surface area contributed by atoms with Gasteiger partial charge in [-0.25, -0.2) is 4.79 Å². The van der Waals surface area contributed by atoms with Crippen LogP contribution >= 0.6 is 0 Å². The molecule has 3 aromatic rings. The monoisotopic (exact) mass is 535 g/mol. The van der Waals surface area contributed by atoms with Crippen molar-refractivity contribution in [2.45, 2.75) is 70.3 Å². The smallest absolute Gasteiger partial charge is 0.322 e. The number of fused-ring (bicyclic) bond motifs is 4. The summed E-state index contributed by atoms with van der Waals surface area (Å²) in [5, 5.41) is 18.8. The molecular weight excluding hydrogens is 494 g/mol. The average Bonchev–Trinajstić information content (AvgIpc) is 3.50. The zero-order valence-electron chi connectivity index (χ0n) is 23.4. The Morgan fingerprint density at radius 1 is 1.23 bits per heavy atom. The quantitative estimate of drug-likeness (QED) is 0.411. The summed E-state index contributed by atoms with van der Waals surface area (Å²) in [6.45, 7) is 7.21. The first kappa shape index (κ1) is 26.2. The van der Waals surface area contributed by atoms with Gasteiger partial charge in [-0.05, 0) is 76.2 Å². The number of aliphatic hydroxyl groups is 1. The number of amides is 2. The Kier molecular flexibility index (Phi) is 7.05. The predicted molar refractivity (Wildman–Crippen MR) is 150 cm³/mol. The molecule has 0 bridgehead atoms. The number of aliphatic hydroxyl groups excluding tert-OH is 1. The highest BCUT2D eigenvalue weighted by Gasteiger charge is 2.49. The highest BCUT2D eigenvalue weighted by atomic mass is 16.5. The second-order valence-electron chi connectivity index (χ2n) is 11.9. The van der Waals surface area contributed by atoms with E-state index in [1.807, 2.05) is 24.0 Å². The fraction of sp³-hybridized carbons (Fsp3) is 0.600. The number of likely N-dealkylation sites (tertiary alicyclic amines) is 1. The highest BCUT2D eigenvalue weighted by Crippen LogP contribution is 2.49. The molecule has 1 aromatic carbocycles. The van der Waals surface area contributed by atoms with Gasteiger partial charge in [0, 0.05) is 41.2 Å². The van der Waals surface area contributed by atoms with Gasteiger partial charge in [0.05, 0.1) is 19.8 Å². The molecule has 39 heavy (non-hydrogen) atoms. The SMILES string of the molecule is COc1ccc2c3c([nH]c2c1)[C@@H](CO)N(C(=O)Nc1c(C)noc1C)CC31CCN(CC2CCCCC2)CC1. The van der Waals surface area contributed by atoms with Crippen LogP contribution < -0.4 is 10.1 Å². The lowest BCUT2D eigenvalue weighted by atomic mass is 9.68. The number of aromatic amines is 1. The molecule has 2 aliphatic heterocycles. The molecule has 0 radical (unpaired) electrons. The first-order chi connectivity index (χ1) is 18.9. The first-order valence-corrected chi connectivity index (χ1v) is 14.5. The third-order valence-electron chi connectivity index (χ3n) is 9.50. The number of anilines is 1. The fourth-order valence-corrected chi connectivity index (χ4v) is 7.37. The maximum Gasteiger partial charge on any atom is 0.322 e. The molecule has 4 heterocycles. The van der Waals surface area contributed by atoms with E-state index in [0.29, 0.717) is 23.7 Å². The van der Waals surface area contributed by atoms with Gasteiger partial charge in [0.25, 0.3) is 0 Å². The molecule has 0 unspecified atom stereocenters. The molecule has 1 saturated carbocycles. The Balaban J connectivity index is 1.35. The Bertz CT molecular complexity index is 1310. The summed E-state index contributed by atoms with van der Waals surface area (Å²) >= 11 is 0. The summed E-state index contributed by atoms with van der Waals surface area (Å²) in [6.07, 6.45) is 8.75. The topological polar surface area (TPSA) is 107 Å². The zero-order valence-corrected chi connectivity index (χ0v) is 23.4. The lowest BCUT2D eigenvalue weighted by molar-refractivity contribution is 0.0660. The van der Waals surface area contributed by atoms with E-state index in [4.69, 9.17) is 9.26 Å². The molecule has 3 aliphatic rings. The third-order valence-corrected chi connectivity index (χ3v) is 9.50. The minimum atomic E-state index is -0.482. The van der Waals surface area contributed by atoms with Crippen molar-refractivity contribution in [1.82, 2.24) is 19.9 Å². The third kappa shape index (κ3) is 4.69. The van der Waals surface area contributed by atoms with Crippen molar-refractivity contribution in [2.75, 3.05) is 45.2 Å². The van der Waals surface area contributed by atoms with Gasteiger partial charge in [0.2, 0.25) is 0 Å². The number of nitrogens with zero attached hydrogens (tertiary/aromatic N) is 3. The minimum absolute atomic E-state index is 0.171. The van der Waals surface area contributed by atoms with Crippen LogP contribution in [0.2, 0.25) is 0 Å². The number of benzene rings is 1. The molecule has 3 N–H and O–H groups in total. The molecule has 210 valence electrons. The molecule has 1 spiro atoms. The zero-order chi connectivity index (χ0) is 27.1. The van der Waals surface area contributed by atoms with Gasteiger partial charge in [-0.2, -0.15) is 0 Å². The number of carbonyl (C=O) groups is 1. The number of urea groups is 1. The number of aryl methyl sites for hydroxylation is 2. The van der Waals surface area contributed by atoms with Crippen molar-refractivity contribution in [1.29, 1.82) is 0 Å². The number of piperidine rings is 1. The number of H-pyrrole nitrogens is 1. The van der Waals surface area contributed by atoms with Crippen LogP contribution in [0.15, 0.2) is 22.7 Å². The van der Waals surface area contributed by atoms with Crippen LogP contribution in [0, 0.1) is 19.8 Å². The molecule has 1 saturated heterocycles. The van der Waals surface area contributed by atoms with Crippen molar-refractivity contribution < 1.29 is 19.2 Å². The molecule has 6 rings (SSSR count). The second-order valence-corrected chi connectivity index (χ2v) is 11.9. The van der Waals surface area contributed by atoms with E-state index >= 15 is 0 Å². The number of aromatic nitrogens is 2. The van der Waals surface area contributed by atoms with E-state index in [9.17, 15) is 9.90 Å². The number of hydrogen-bond donors (Lipinski definition) is 3. The van der Waals surface area contributed by atoms with E-state index < -0.39 is 6.04 Å². The number of rotatable bonds is 5. The van der Waals surface area contributed by atoms with Crippen molar-refractivity contribution in [3.8, 4) is 5.75 Å². The van der Waals surface area contributed by atoms with E-state index in [1.54, 1.807) is 14.0 Å². The van der Waals surface area contributed by atoms with Gasteiger partial charge in [-0.3, -0.25) is 0 Å². The van der Waals surface area contributed by atoms with Crippen LogP contribution in [-0.4, -0.2) is 71.0 Å². The lowest BCUT2D eigenvalue weighted by Crippen LogP contribution is -2.56. The number of nitrogens with one attached hydrogen (secondary N) is 2. The molecule has 9 heteroatoms. The normalized spacial score (nSPS) is 21.8. The summed E-state index contributed by atoms with van der Waals surface area (Å²) in [4.78, 5) is 21.9. The standard InChI is InChI=1S/C30H41N5O4/c1-19-27(20(2)39-33-19)32-29(37)35-18-30(11-13-34(14-12-30)16-21-7-5-4-6-8-21)26-23-10-9-22(38-3)15-24(23)31-28(26)25(35)17-36/h9-10,15,21,25,31,36H,4-8,11-14,16-18H2,1-3H3,(H,32,37)/t25-/m1/s1. The number of ether oxygens (including phenoxy) is 1. The van der Waals surface area contributed by atoms with Crippen LogP contribution in [0.3, 0.4) is 0 Å². The summed E-state index contributed by atoms with van der Waals surface area (Å²) in [7, 11) is 1.67. The molecule has 2 aromatic heterocycles. The van der Waals surface area contributed by atoms with E-state index in [2.05, 4.69) is 26.4 Å². The van der Waals surface area contributed by atoms with Crippen LogP contribution in [0.25, 0.3) is 10.9 Å². The summed E-state index contributed by atoms with van der Waals surface area (Å²) in [6, 6.07) is 5.43. The number of methoxy groups -OCH3 is 1. The van der Waals surface area contributed by atoms with Crippen LogP contribution in [0.5, 0.6) is 5.75 Å². The molecule has 1 aliphatic carbocycles. The Morgan fingerprint density at radius 2 is 2.00 bits per heavy atom. The molecule has 1 atom stereocenters. The fourth-order valence-electron chi connectivity index (χ4n) is 7.37. The molecule has 9 nitrogen and oxygen atoms in total. The van der Waals surface area contributed by atoms with Crippen molar-refractivity contribution in [3.05, 3.63) is 40.9 Å². The Hall–Kier alpha value is -3.04. The van der Waals surface area contributed by atoms with Gasteiger partial charge in [-0.15, -0.1) is 0 Å².